The Bertz CT molecular complexity index is 178. The van der Waals surface area contributed by atoms with Gasteiger partial charge in [-0.25, -0.2) is 0 Å². The van der Waals surface area contributed by atoms with Gasteiger partial charge >= 0.3 is 0 Å². The number of hydrogen-bond acceptors (Lipinski definition) is 2. The summed E-state index contributed by atoms with van der Waals surface area (Å²) in [6.07, 6.45) is 5.09. The van der Waals surface area contributed by atoms with E-state index in [9.17, 15) is 0 Å². The van der Waals surface area contributed by atoms with Crippen LogP contribution in [0.2, 0.25) is 0 Å². The molecule has 0 fully saturated rings. The zero-order chi connectivity index (χ0) is 8.69. The lowest BCUT2D eigenvalue weighted by atomic mass is 10.2. The van der Waals surface area contributed by atoms with E-state index in [2.05, 4.69) is 11.6 Å². The van der Waals surface area contributed by atoms with Crippen molar-refractivity contribution in [3.8, 4) is 0 Å². The van der Waals surface area contributed by atoms with Crippen LogP contribution in [-0.2, 0) is 0 Å². The van der Waals surface area contributed by atoms with E-state index in [1.54, 1.807) is 6.21 Å². The fourth-order valence-electron chi connectivity index (χ4n) is 0.518. The van der Waals surface area contributed by atoms with Gasteiger partial charge in [0.2, 0.25) is 0 Å². The molecule has 0 spiro atoms. The van der Waals surface area contributed by atoms with Crippen LogP contribution in [0.15, 0.2) is 29.0 Å². The van der Waals surface area contributed by atoms with Crippen LogP contribution in [0, 0.1) is 0 Å². The van der Waals surface area contributed by atoms with Gasteiger partial charge in [0.1, 0.15) is 0 Å². The Labute approximate surface area is 68.5 Å². The Balaban J connectivity index is 4.00. The third-order valence-corrected chi connectivity index (χ3v) is 1.42. The van der Waals surface area contributed by atoms with Crippen molar-refractivity contribution in [2.75, 3.05) is 0 Å². The van der Waals surface area contributed by atoms with Crippen molar-refractivity contribution in [1.82, 2.24) is 0 Å². The summed E-state index contributed by atoms with van der Waals surface area (Å²) in [5, 5.41) is 0. The maximum atomic E-state index is 5.31. The molecule has 0 saturated heterocycles. The smallest absolute Gasteiger partial charge is 0.0555 e. The predicted octanol–water partition coefficient (Wildman–Crippen LogP) is 2.23. The number of nitrogens with zero attached hydrogens (tertiary/aromatic N) is 1. The molecule has 0 unspecified atom stereocenters. The average molecular weight is 152 g/mol. The fourth-order valence-corrected chi connectivity index (χ4v) is 0.518. The quantitative estimate of drug-likeness (QED) is 0.616. The van der Waals surface area contributed by atoms with Crippen LogP contribution in [-0.4, -0.2) is 6.21 Å². The van der Waals surface area contributed by atoms with Crippen molar-refractivity contribution < 1.29 is 0 Å². The Kier molecular flexibility index (Phi) is 5.17. The summed E-state index contributed by atoms with van der Waals surface area (Å²) in [5.74, 6) is 0. The van der Waals surface area contributed by atoms with E-state index in [1.807, 2.05) is 13.8 Å². The van der Waals surface area contributed by atoms with Gasteiger partial charge in [-0.1, -0.05) is 20.4 Å². The van der Waals surface area contributed by atoms with Crippen molar-refractivity contribution in [3.05, 3.63) is 24.0 Å². The first-order chi connectivity index (χ1) is 5.24. The molecule has 0 aliphatic rings. The second-order valence-electron chi connectivity index (χ2n) is 2.28. The molecule has 62 valence electrons. The molecule has 0 aliphatic heterocycles. The molecule has 0 heterocycles. The standard InChI is InChI=1S/C9H16N2/c1-4-8(3)7-11-9(5-2)6-10/h6-7H,3-5,10H2,1-2H3/b9-6-,11-7-. The Morgan fingerprint density at radius 2 is 2.09 bits per heavy atom. The van der Waals surface area contributed by atoms with Crippen LogP contribution in [0.5, 0.6) is 0 Å². The second-order valence-corrected chi connectivity index (χ2v) is 2.28. The topological polar surface area (TPSA) is 38.4 Å². The third kappa shape index (κ3) is 4.37. The lowest BCUT2D eigenvalue weighted by Crippen LogP contribution is -1.86. The van der Waals surface area contributed by atoms with Gasteiger partial charge in [-0.3, -0.25) is 4.99 Å². The molecular formula is C9H16N2. The van der Waals surface area contributed by atoms with Crippen molar-refractivity contribution in [2.24, 2.45) is 10.7 Å². The summed E-state index contributed by atoms with van der Waals surface area (Å²) in [4.78, 5) is 4.14. The van der Waals surface area contributed by atoms with Crippen LogP contribution in [0.3, 0.4) is 0 Å². The molecule has 2 heteroatoms. The molecule has 0 atom stereocenters. The first kappa shape index (κ1) is 9.95. The highest BCUT2D eigenvalue weighted by atomic mass is 14.7. The highest BCUT2D eigenvalue weighted by molar-refractivity contribution is 5.78. The number of nitrogens with two attached hydrogens (primary N) is 1. The largest absolute Gasteiger partial charge is 0.403 e. The SMILES string of the molecule is C=C(/C=N\C(=C/N)CC)CC. The predicted molar refractivity (Wildman–Crippen MR) is 50.5 cm³/mol. The molecule has 11 heavy (non-hydrogen) atoms. The van der Waals surface area contributed by atoms with Crippen LogP contribution >= 0.6 is 0 Å². The molecule has 0 aromatic rings. The summed E-state index contributed by atoms with van der Waals surface area (Å²) in [6, 6.07) is 0. The van der Waals surface area contributed by atoms with Gasteiger partial charge in [-0.05, 0) is 18.4 Å². The fraction of sp³-hybridized carbons (Fsp3) is 0.444. The first-order valence-corrected chi connectivity index (χ1v) is 3.87. The molecule has 2 nitrogen and oxygen atoms in total. The molecule has 2 N–H and O–H groups in total. The van der Waals surface area contributed by atoms with Crippen molar-refractivity contribution in [2.45, 2.75) is 26.7 Å². The van der Waals surface area contributed by atoms with E-state index in [0.29, 0.717) is 0 Å². The summed E-state index contributed by atoms with van der Waals surface area (Å²) in [5.41, 5.74) is 7.23. The third-order valence-electron chi connectivity index (χ3n) is 1.42. The van der Waals surface area contributed by atoms with Crippen LogP contribution < -0.4 is 5.73 Å². The average Bonchev–Trinajstić information content (AvgIpc) is 2.06. The van der Waals surface area contributed by atoms with E-state index < -0.39 is 0 Å². The van der Waals surface area contributed by atoms with Crippen LogP contribution in [0.4, 0.5) is 0 Å². The monoisotopic (exact) mass is 152 g/mol. The Morgan fingerprint density at radius 1 is 1.45 bits per heavy atom. The minimum absolute atomic E-state index is 0.865. The van der Waals surface area contributed by atoms with Crippen molar-refractivity contribution in [1.29, 1.82) is 0 Å². The molecule has 0 amide bonds. The lowest BCUT2D eigenvalue weighted by molar-refractivity contribution is 1.06. The molecule has 0 aromatic heterocycles. The normalized spacial score (nSPS) is 12.4. The summed E-state index contributed by atoms with van der Waals surface area (Å²) in [6.45, 7) is 7.86. The maximum absolute atomic E-state index is 5.31. The van der Waals surface area contributed by atoms with E-state index in [0.717, 1.165) is 24.1 Å². The molecule has 0 aromatic carbocycles. The molecule has 0 radical (unpaired) electrons. The van der Waals surface area contributed by atoms with E-state index in [4.69, 9.17) is 5.73 Å². The summed E-state index contributed by atoms with van der Waals surface area (Å²) in [7, 11) is 0. The van der Waals surface area contributed by atoms with E-state index >= 15 is 0 Å². The maximum Gasteiger partial charge on any atom is 0.0555 e. The van der Waals surface area contributed by atoms with Gasteiger partial charge in [0.05, 0.1) is 5.70 Å². The van der Waals surface area contributed by atoms with Crippen molar-refractivity contribution in [3.63, 3.8) is 0 Å². The Morgan fingerprint density at radius 3 is 2.45 bits per heavy atom. The van der Waals surface area contributed by atoms with Crippen molar-refractivity contribution >= 4 is 6.21 Å². The molecular weight excluding hydrogens is 136 g/mol. The van der Waals surface area contributed by atoms with E-state index in [1.165, 1.54) is 6.20 Å². The minimum Gasteiger partial charge on any atom is -0.403 e. The van der Waals surface area contributed by atoms with Crippen LogP contribution in [0.1, 0.15) is 26.7 Å². The zero-order valence-electron chi connectivity index (χ0n) is 7.30. The second kappa shape index (κ2) is 5.71. The van der Waals surface area contributed by atoms with Gasteiger partial charge in [0.25, 0.3) is 0 Å². The Hall–Kier alpha value is -1.05. The molecule has 0 rings (SSSR count). The molecule has 0 aliphatic carbocycles. The van der Waals surface area contributed by atoms with Crippen LogP contribution in [0.25, 0.3) is 0 Å². The van der Waals surface area contributed by atoms with E-state index in [-0.39, 0.29) is 0 Å². The van der Waals surface area contributed by atoms with Gasteiger partial charge in [-0.2, -0.15) is 0 Å². The highest BCUT2D eigenvalue weighted by Gasteiger charge is 1.86. The lowest BCUT2D eigenvalue weighted by Gasteiger charge is -1.94. The number of hydrogen-bond donors (Lipinski definition) is 1. The van der Waals surface area contributed by atoms with Gasteiger partial charge in [-0.15, -0.1) is 0 Å². The minimum atomic E-state index is 0.865. The summed E-state index contributed by atoms with van der Waals surface area (Å²) >= 11 is 0. The summed E-state index contributed by atoms with van der Waals surface area (Å²) < 4.78 is 0. The number of aliphatic imine (C=N–C) groups is 1. The molecule has 0 saturated carbocycles. The van der Waals surface area contributed by atoms with Gasteiger partial charge in [0.15, 0.2) is 0 Å². The van der Waals surface area contributed by atoms with Gasteiger partial charge in [0, 0.05) is 12.4 Å². The number of allylic oxidation sites excluding steroid dienone is 2. The first-order valence-electron chi connectivity index (χ1n) is 3.87. The number of rotatable bonds is 4. The zero-order valence-corrected chi connectivity index (χ0v) is 7.30. The molecule has 0 bridgehead atoms. The van der Waals surface area contributed by atoms with Gasteiger partial charge < -0.3 is 5.73 Å². The highest BCUT2D eigenvalue weighted by Crippen LogP contribution is 2.00.